The van der Waals surface area contributed by atoms with Gasteiger partial charge in [0, 0.05) is 44.5 Å². The molecule has 2 aromatic rings. The third kappa shape index (κ3) is 7.61. The molecule has 0 aromatic heterocycles. The van der Waals surface area contributed by atoms with Gasteiger partial charge in [0.25, 0.3) is 5.91 Å². The third-order valence-corrected chi connectivity index (χ3v) is 11.8. The van der Waals surface area contributed by atoms with Crippen LogP contribution in [-0.4, -0.2) is 59.6 Å². The number of allylic oxidation sites excluding steroid dienone is 1. The topological polar surface area (TPSA) is 94.2 Å². The third-order valence-electron chi connectivity index (χ3n) is 9.57. The monoisotopic (exact) mass is 644 g/mol. The smallest absolute Gasteiger partial charge is 0.264 e. The van der Waals surface area contributed by atoms with Crippen LogP contribution in [0.3, 0.4) is 0 Å². The molecule has 5 atom stereocenters. The normalized spacial score (nSPS) is 28.2. The first-order chi connectivity index (χ1) is 21.2. The van der Waals surface area contributed by atoms with E-state index in [1.165, 1.54) is 5.56 Å². The van der Waals surface area contributed by atoms with Crippen molar-refractivity contribution < 1.29 is 27.4 Å². The number of sulfonamides is 1. The van der Waals surface area contributed by atoms with Crippen molar-refractivity contribution in [2.45, 2.75) is 69.8 Å². The molecule has 2 unspecified atom stereocenters. The summed E-state index contributed by atoms with van der Waals surface area (Å²) in [4.78, 5) is 15.9. The maximum absolute atomic E-state index is 13.6. The molecule has 2 aliphatic heterocycles. The van der Waals surface area contributed by atoms with E-state index < -0.39 is 21.2 Å². The molecule has 2 heterocycles. The zero-order valence-electron chi connectivity index (χ0n) is 26.0. The second-order valence-electron chi connectivity index (χ2n) is 12.4. The lowest BCUT2D eigenvalue weighted by atomic mass is 9.70. The first kappa shape index (κ1) is 32.8. The van der Waals surface area contributed by atoms with Crippen LogP contribution in [0.1, 0.15) is 66.9 Å². The molecule has 1 N–H and O–H groups in total. The Labute approximate surface area is 267 Å². The van der Waals surface area contributed by atoms with Gasteiger partial charge in [-0.1, -0.05) is 36.7 Å². The van der Waals surface area contributed by atoms with Crippen molar-refractivity contribution in [1.29, 1.82) is 0 Å². The average molecular weight is 645 g/mol. The van der Waals surface area contributed by atoms with E-state index >= 15 is 0 Å². The highest BCUT2D eigenvalue weighted by Crippen LogP contribution is 2.41. The van der Waals surface area contributed by atoms with Gasteiger partial charge in [0.15, 0.2) is 0 Å². The van der Waals surface area contributed by atoms with Crippen molar-refractivity contribution >= 4 is 33.2 Å². The Balaban J connectivity index is 1.55. The van der Waals surface area contributed by atoms with Crippen molar-refractivity contribution in [2.75, 3.05) is 38.8 Å². The van der Waals surface area contributed by atoms with Gasteiger partial charge in [0.05, 0.1) is 17.0 Å². The summed E-state index contributed by atoms with van der Waals surface area (Å²) in [5.41, 5.74) is 3.36. The fraction of sp³-hybridized carbons (Fsp3) is 0.559. The lowest BCUT2D eigenvalue weighted by Crippen LogP contribution is -2.44. The number of rotatable bonds is 4. The highest BCUT2D eigenvalue weighted by Gasteiger charge is 2.38. The van der Waals surface area contributed by atoms with Crippen LogP contribution in [0.25, 0.3) is 0 Å². The Kier molecular flexibility index (Phi) is 10.9. The minimum atomic E-state index is -4.00. The van der Waals surface area contributed by atoms with Crippen LogP contribution < -0.4 is 14.4 Å². The predicted molar refractivity (Wildman–Crippen MR) is 174 cm³/mol. The van der Waals surface area contributed by atoms with Gasteiger partial charge in [-0.25, -0.2) is 13.1 Å². The standard InChI is InChI=1S/C34H45ClN2O6S/c1-23-7-6-9-31(42-3)29-14-11-26(29)21-37-17-5-4-8-24-19-28(35)13-10-27(24)22-43-32-15-12-25(20-30(32)37)34(38)36-44(39,40)33(23)16-18-41-2/h6,9-10,12-13,15,19-20,23,26,29,31,33H,4-5,7-8,11,14,16-18,21-22H2,1-3H3,(H,36,38)/b9-6+/t23-,26?,29?,31-,33-/m0/s1. The molecule has 1 aliphatic carbocycles. The quantitative estimate of drug-likeness (QED) is 0.398. The van der Waals surface area contributed by atoms with Crippen molar-refractivity contribution in [3.63, 3.8) is 0 Å². The Morgan fingerprint density at radius 3 is 2.68 bits per heavy atom. The zero-order chi connectivity index (χ0) is 31.3. The summed E-state index contributed by atoms with van der Waals surface area (Å²) in [5.74, 6) is 0.562. The number of ether oxygens (including phenoxy) is 3. The molecule has 5 rings (SSSR count). The second-order valence-corrected chi connectivity index (χ2v) is 14.8. The van der Waals surface area contributed by atoms with E-state index in [1.807, 2.05) is 31.2 Å². The van der Waals surface area contributed by atoms with Crippen LogP contribution in [0.15, 0.2) is 48.6 Å². The number of halogens is 1. The molecular weight excluding hydrogens is 600 g/mol. The molecule has 0 saturated heterocycles. The SMILES string of the molecule is COCC[C@H]1[C@@H](C)C/C=C/[C@H](OC)C2CCC2CN2CCCCc3cc(Cl)ccc3COc3ccc(cc32)C(=O)NS1(=O)=O. The number of nitrogens with one attached hydrogen (secondary N) is 1. The van der Waals surface area contributed by atoms with Gasteiger partial charge in [-0.2, -0.15) is 0 Å². The number of aryl methyl sites for hydroxylation is 1. The highest BCUT2D eigenvalue weighted by atomic mass is 35.5. The largest absolute Gasteiger partial charge is 0.487 e. The number of carbonyl (C=O) groups is 1. The number of nitrogens with zero attached hydrogens (tertiary/aromatic N) is 1. The molecule has 1 saturated carbocycles. The molecular formula is C34H45ClN2O6S. The summed E-state index contributed by atoms with van der Waals surface area (Å²) in [5, 5.41) is -0.0815. The molecule has 0 radical (unpaired) electrons. The van der Waals surface area contributed by atoms with E-state index in [-0.39, 0.29) is 30.6 Å². The maximum atomic E-state index is 13.6. The highest BCUT2D eigenvalue weighted by molar-refractivity contribution is 7.90. The van der Waals surface area contributed by atoms with Gasteiger partial charge < -0.3 is 19.1 Å². The van der Waals surface area contributed by atoms with Gasteiger partial charge in [-0.3, -0.25) is 4.79 Å². The van der Waals surface area contributed by atoms with E-state index in [0.29, 0.717) is 35.6 Å². The molecule has 0 spiro atoms. The van der Waals surface area contributed by atoms with Crippen molar-refractivity contribution in [1.82, 2.24) is 4.72 Å². The summed E-state index contributed by atoms with van der Waals surface area (Å²) >= 11 is 6.33. The Morgan fingerprint density at radius 1 is 1.09 bits per heavy atom. The van der Waals surface area contributed by atoms with Crippen LogP contribution >= 0.6 is 11.6 Å². The fourth-order valence-corrected chi connectivity index (χ4v) is 8.69. The number of fused-ring (bicyclic) bond motifs is 3. The second kappa shape index (κ2) is 14.7. The lowest BCUT2D eigenvalue weighted by molar-refractivity contribution is 0.0134. The zero-order valence-corrected chi connectivity index (χ0v) is 27.5. The van der Waals surface area contributed by atoms with E-state index in [2.05, 4.69) is 15.7 Å². The number of hydrogen-bond acceptors (Lipinski definition) is 7. The first-order valence-corrected chi connectivity index (χ1v) is 17.7. The Hall–Kier alpha value is -2.59. The fourth-order valence-electron chi connectivity index (χ4n) is 6.84. The van der Waals surface area contributed by atoms with Crippen molar-refractivity contribution in [3.05, 3.63) is 70.3 Å². The molecule has 10 heteroatoms. The number of anilines is 1. The van der Waals surface area contributed by atoms with Crippen LogP contribution in [-0.2, 0) is 32.5 Å². The molecule has 2 aromatic carbocycles. The van der Waals surface area contributed by atoms with Gasteiger partial charge >= 0.3 is 0 Å². The molecule has 3 aliphatic rings. The van der Waals surface area contributed by atoms with Crippen molar-refractivity contribution in [2.24, 2.45) is 17.8 Å². The van der Waals surface area contributed by atoms with E-state index in [9.17, 15) is 13.2 Å². The summed E-state index contributed by atoms with van der Waals surface area (Å²) < 4.78 is 47.3. The van der Waals surface area contributed by atoms with Crippen LogP contribution in [0, 0.1) is 17.8 Å². The summed E-state index contributed by atoms with van der Waals surface area (Å²) in [6, 6.07) is 11.2. The van der Waals surface area contributed by atoms with Gasteiger partial charge in [0.2, 0.25) is 10.0 Å². The minimum Gasteiger partial charge on any atom is -0.487 e. The summed E-state index contributed by atoms with van der Waals surface area (Å²) in [6.45, 7) is 4.13. The van der Waals surface area contributed by atoms with Gasteiger partial charge in [-0.05, 0) is 104 Å². The minimum absolute atomic E-state index is 0.0483. The molecule has 240 valence electrons. The lowest BCUT2D eigenvalue weighted by Gasteiger charge is -2.43. The number of hydrogen-bond donors (Lipinski definition) is 1. The number of amides is 1. The number of methoxy groups -OCH3 is 2. The molecule has 2 bridgehead atoms. The maximum Gasteiger partial charge on any atom is 0.264 e. The summed E-state index contributed by atoms with van der Waals surface area (Å²) in [6.07, 6.45) is 9.93. The van der Waals surface area contributed by atoms with Gasteiger partial charge in [-0.15, -0.1) is 0 Å². The number of benzene rings is 2. The predicted octanol–water partition coefficient (Wildman–Crippen LogP) is 6.16. The van der Waals surface area contributed by atoms with E-state index in [1.54, 1.807) is 32.4 Å². The Morgan fingerprint density at radius 2 is 1.93 bits per heavy atom. The molecule has 44 heavy (non-hydrogen) atoms. The average Bonchev–Trinajstić information content (AvgIpc) is 3.01. The van der Waals surface area contributed by atoms with Gasteiger partial charge in [0.1, 0.15) is 12.4 Å². The molecule has 1 fully saturated rings. The van der Waals surface area contributed by atoms with Crippen LogP contribution in [0.5, 0.6) is 5.75 Å². The first-order valence-electron chi connectivity index (χ1n) is 15.7. The van der Waals surface area contributed by atoms with Crippen molar-refractivity contribution in [3.8, 4) is 5.75 Å². The Bertz CT molecular complexity index is 1450. The molecule has 1 amide bonds. The molecule has 8 nitrogen and oxygen atoms in total. The summed E-state index contributed by atoms with van der Waals surface area (Å²) in [7, 11) is -0.697. The number of carbonyl (C=O) groups excluding carboxylic acids is 1. The van der Waals surface area contributed by atoms with Crippen LogP contribution in [0.4, 0.5) is 5.69 Å². The van der Waals surface area contributed by atoms with Crippen LogP contribution in [0.2, 0.25) is 5.02 Å². The van der Waals surface area contributed by atoms with E-state index in [0.717, 1.165) is 56.4 Å². The van der Waals surface area contributed by atoms with E-state index in [4.69, 9.17) is 25.8 Å².